The van der Waals surface area contributed by atoms with E-state index in [-0.39, 0.29) is 29.6 Å². The normalized spacial score (nSPS) is 14.6. The van der Waals surface area contributed by atoms with Crippen molar-refractivity contribution < 1.29 is 9.42 Å². The second-order valence-corrected chi connectivity index (χ2v) is 8.30. The molecule has 0 bridgehead atoms. The Bertz CT molecular complexity index is 186. The second-order valence-electron chi connectivity index (χ2n) is 2.12. The number of rotatable bonds is 5. The van der Waals surface area contributed by atoms with Crippen molar-refractivity contribution in [3.8, 4) is 0 Å². The summed E-state index contributed by atoms with van der Waals surface area (Å²) < 4.78 is 4.98. The molecule has 12 heavy (non-hydrogen) atoms. The summed E-state index contributed by atoms with van der Waals surface area (Å²) in [6.07, 6.45) is 0. The average molecular weight is 235 g/mol. The van der Waals surface area contributed by atoms with Crippen molar-refractivity contribution in [1.29, 1.82) is 0 Å². The molecule has 2 nitrogen and oxygen atoms in total. The van der Waals surface area contributed by atoms with Crippen molar-refractivity contribution in [3.05, 3.63) is 12.2 Å². The molecular formula is C6H13NaO2PS2. The van der Waals surface area contributed by atoms with E-state index < -0.39 is 5.69 Å². The van der Waals surface area contributed by atoms with Crippen molar-refractivity contribution in [1.82, 2.24) is 0 Å². The number of hydrogen-bond donors (Lipinski definition) is 1. The molecule has 0 spiro atoms. The largest absolute Gasteiger partial charge is 0.337 e. The second kappa shape index (κ2) is 8.01. The van der Waals surface area contributed by atoms with Crippen molar-refractivity contribution >= 4 is 58.4 Å². The van der Waals surface area contributed by atoms with E-state index in [4.69, 9.17) is 16.3 Å². The maximum atomic E-state index is 9.39. The number of hydrogen-bond acceptors (Lipinski definition) is 3. The third-order valence-corrected chi connectivity index (χ3v) is 5.25. The van der Waals surface area contributed by atoms with Crippen LogP contribution in [0.1, 0.15) is 13.8 Å². The minimum atomic E-state index is -2.56. The van der Waals surface area contributed by atoms with Crippen LogP contribution in [-0.4, -0.2) is 46.8 Å². The summed E-state index contributed by atoms with van der Waals surface area (Å²) in [4.78, 5) is 9.39. The van der Waals surface area contributed by atoms with Gasteiger partial charge in [0.1, 0.15) is 0 Å². The average Bonchev–Trinajstić information content (AvgIpc) is 1.84. The van der Waals surface area contributed by atoms with Gasteiger partial charge < -0.3 is 9.42 Å². The Morgan fingerprint density at radius 2 is 2.25 bits per heavy atom. The Morgan fingerprint density at radius 3 is 2.58 bits per heavy atom. The molecule has 0 aromatic carbocycles. The quantitative estimate of drug-likeness (QED) is 0.449. The van der Waals surface area contributed by atoms with Gasteiger partial charge in [-0.15, -0.1) is 0 Å². The monoisotopic (exact) mass is 235 g/mol. The van der Waals surface area contributed by atoms with Crippen LogP contribution in [-0.2, 0) is 16.3 Å². The van der Waals surface area contributed by atoms with E-state index in [9.17, 15) is 4.89 Å². The molecule has 0 amide bonds. The van der Waals surface area contributed by atoms with E-state index in [1.165, 1.54) is 11.4 Å². The fourth-order valence-electron chi connectivity index (χ4n) is 0.392. The zero-order valence-electron chi connectivity index (χ0n) is 7.74. The Labute approximate surface area is 105 Å². The van der Waals surface area contributed by atoms with E-state index in [1.54, 1.807) is 0 Å². The summed E-state index contributed by atoms with van der Waals surface area (Å²) in [5, 5.41) is 0. The van der Waals surface area contributed by atoms with Crippen LogP contribution in [0.5, 0.6) is 0 Å². The van der Waals surface area contributed by atoms with E-state index in [2.05, 4.69) is 6.58 Å². The Hall–Kier alpha value is 1.66. The first kappa shape index (κ1) is 16.1. The topological polar surface area (TPSA) is 29.5 Å². The van der Waals surface area contributed by atoms with Gasteiger partial charge in [-0.3, -0.25) is 0 Å². The Balaban J connectivity index is 0. The maximum absolute atomic E-state index is 9.39. The summed E-state index contributed by atoms with van der Waals surface area (Å²) in [7, 11) is 0. The van der Waals surface area contributed by atoms with Crippen LogP contribution in [0.25, 0.3) is 0 Å². The van der Waals surface area contributed by atoms with Crippen LogP contribution in [0.15, 0.2) is 12.2 Å². The van der Waals surface area contributed by atoms with E-state index in [0.717, 1.165) is 5.57 Å². The van der Waals surface area contributed by atoms with Gasteiger partial charge >= 0.3 is 0 Å². The molecule has 0 aromatic heterocycles. The predicted molar refractivity (Wildman–Crippen MR) is 61.2 cm³/mol. The molecule has 0 saturated heterocycles. The van der Waals surface area contributed by atoms with Crippen molar-refractivity contribution in [2.75, 3.05) is 12.4 Å². The van der Waals surface area contributed by atoms with Crippen LogP contribution in [0.2, 0.25) is 0 Å². The summed E-state index contributed by atoms with van der Waals surface area (Å²) in [6, 6.07) is 0. The van der Waals surface area contributed by atoms with Crippen molar-refractivity contribution in [3.63, 3.8) is 0 Å². The molecule has 1 radical (unpaired) electrons. The summed E-state index contributed by atoms with van der Waals surface area (Å²) in [5.74, 6) is 0.674. The predicted octanol–water partition coefficient (Wildman–Crippen LogP) is 2.17. The summed E-state index contributed by atoms with van der Waals surface area (Å²) in [5.41, 5.74) is -1.56. The first-order chi connectivity index (χ1) is 4.98. The molecule has 0 rings (SSSR count). The molecule has 0 aromatic rings. The van der Waals surface area contributed by atoms with Gasteiger partial charge in [-0.2, -0.15) is 0 Å². The van der Waals surface area contributed by atoms with Crippen molar-refractivity contribution in [2.45, 2.75) is 13.8 Å². The molecule has 1 atom stereocenters. The molecule has 0 aliphatic rings. The molecule has 6 heteroatoms. The van der Waals surface area contributed by atoms with E-state index in [1.807, 2.05) is 13.8 Å². The van der Waals surface area contributed by atoms with Gasteiger partial charge in [0.05, 0.1) is 6.61 Å². The molecule has 0 saturated carbocycles. The third kappa shape index (κ3) is 9.75. The van der Waals surface area contributed by atoms with Gasteiger partial charge in [-0.05, 0) is 25.7 Å². The fourth-order valence-corrected chi connectivity index (χ4v) is 3.66. The maximum Gasteiger partial charge on any atom is 0.245 e. The molecule has 1 N–H and O–H groups in total. The van der Waals surface area contributed by atoms with Gasteiger partial charge in [-0.25, -0.2) is 0 Å². The standard InChI is InChI=1S/C6H13O2PS2.Na/c1-4-8-9(7,10)11-5-6(2)3;/h2,4-5H2,1,3H3,(H,7,10);. The first-order valence-corrected chi connectivity index (χ1v) is 7.50. The van der Waals surface area contributed by atoms with Gasteiger partial charge in [-0.1, -0.05) is 23.5 Å². The molecule has 1 unspecified atom stereocenters. The van der Waals surface area contributed by atoms with Crippen molar-refractivity contribution in [2.24, 2.45) is 0 Å². The summed E-state index contributed by atoms with van der Waals surface area (Å²) in [6.45, 7) is 7.89. The minimum Gasteiger partial charge on any atom is -0.337 e. The molecular weight excluding hydrogens is 222 g/mol. The van der Waals surface area contributed by atoms with E-state index in [0.29, 0.717) is 12.4 Å². The Morgan fingerprint density at radius 1 is 1.75 bits per heavy atom. The molecule has 67 valence electrons. The van der Waals surface area contributed by atoms with Gasteiger partial charge in [0.2, 0.25) is 5.69 Å². The molecule has 0 aliphatic heterocycles. The van der Waals surface area contributed by atoms with Crippen LogP contribution >= 0.6 is 17.1 Å². The Kier molecular flexibility index (Phi) is 10.7. The van der Waals surface area contributed by atoms with E-state index >= 15 is 0 Å². The molecule has 0 heterocycles. The van der Waals surface area contributed by atoms with Gasteiger partial charge in [0.25, 0.3) is 0 Å². The van der Waals surface area contributed by atoms with Crippen LogP contribution < -0.4 is 0 Å². The van der Waals surface area contributed by atoms with Gasteiger partial charge in [0, 0.05) is 35.3 Å². The fraction of sp³-hybridized carbons (Fsp3) is 0.667. The van der Waals surface area contributed by atoms with Crippen LogP contribution in [0.4, 0.5) is 0 Å². The van der Waals surface area contributed by atoms with Crippen LogP contribution in [0.3, 0.4) is 0 Å². The van der Waals surface area contributed by atoms with Crippen LogP contribution in [0, 0.1) is 0 Å². The third-order valence-electron chi connectivity index (χ3n) is 0.766. The van der Waals surface area contributed by atoms with Gasteiger partial charge in [0.15, 0.2) is 0 Å². The molecule has 0 aliphatic carbocycles. The SMILES string of the molecule is C=C(C)CSP(O)(=S)OCC.[Na]. The zero-order valence-corrected chi connectivity index (χ0v) is 12.3. The molecule has 0 fully saturated rings. The first-order valence-electron chi connectivity index (χ1n) is 3.24. The summed E-state index contributed by atoms with van der Waals surface area (Å²) >= 11 is 6.10. The zero-order chi connectivity index (χ0) is 8.91. The smallest absolute Gasteiger partial charge is 0.245 e. The minimum absolute atomic E-state index is 0.